The molecule has 80 valence electrons. The number of nitrogens with zero attached hydrogens (tertiary/aromatic N) is 2. The van der Waals surface area contributed by atoms with Crippen molar-refractivity contribution in [3.63, 3.8) is 0 Å². The summed E-state index contributed by atoms with van der Waals surface area (Å²) < 4.78 is 12.5. The molecule has 0 aliphatic carbocycles. The molecule has 0 aromatic carbocycles. The summed E-state index contributed by atoms with van der Waals surface area (Å²) in [7, 11) is 1.64. The molecule has 0 radical (unpaired) electrons. The summed E-state index contributed by atoms with van der Waals surface area (Å²) in [5, 5.41) is 0. The minimum Gasteiger partial charge on any atom is -0.495 e. The molecule has 0 fully saturated rings. The van der Waals surface area contributed by atoms with E-state index in [1.807, 2.05) is 34.9 Å². The van der Waals surface area contributed by atoms with Crippen LogP contribution < -0.4 is 4.74 Å². The molecule has 0 bridgehead atoms. The number of furan rings is 1. The van der Waals surface area contributed by atoms with E-state index in [4.69, 9.17) is 9.15 Å². The molecule has 4 heteroatoms. The fourth-order valence-electron chi connectivity index (χ4n) is 1.68. The predicted octanol–water partition coefficient (Wildman–Crippen LogP) is 2.60. The lowest BCUT2D eigenvalue weighted by Crippen LogP contribution is -1.90. The zero-order valence-corrected chi connectivity index (χ0v) is 8.75. The van der Waals surface area contributed by atoms with Gasteiger partial charge in [0.1, 0.15) is 5.75 Å². The third kappa shape index (κ3) is 1.27. The van der Waals surface area contributed by atoms with Crippen molar-refractivity contribution >= 4 is 5.52 Å². The minimum absolute atomic E-state index is 0.744. The molecule has 0 atom stereocenters. The van der Waals surface area contributed by atoms with E-state index >= 15 is 0 Å². The maximum atomic E-state index is 5.34. The molecule has 3 rings (SSSR count). The van der Waals surface area contributed by atoms with E-state index in [1.54, 1.807) is 19.6 Å². The maximum absolute atomic E-state index is 5.34. The summed E-state index contributed by atoms with van der Waals surface area (Å²) in [6.07, 6.45) is 5.33. The van der Waals surface area contributed by atoms with Crippen molar-refractivity contribution < 1.29 is 9.15 Å². The van der Waals surface area contributed by atoms with Crippen LogP contribution in [0.5, 0.6) is 5.75 Å². The van der Waals surface area contributed by atoms with Gasteiger partial charge in [0, 0.05) is 0 Å². The van der Waals surface area contributed by atoms with Gasteiger partial charge in [-0.25, -0.2) is 4.98 Å². The number of imidazole rings is 1. The second kappa shape index (κ2) is 3.41. The standard InChI is InChI=1S/C12H10N2O2/c1-15-10-5-4-9-7-13-12(14(9)8-10)11-3-2-6-16-11/h2-8H,1H3. The summed E-state index contributed by atoms with van der Waals surface area (Å²) in [6, 6.07) is 7.59. The number of fused-ring (bicyclic) bond motifs is 1. The van der Waals surface area contributed by atoms with Gasteiger partial charge in [0.05, 0.1) is 31.3 Å². The van der Waals surface area contributed by atoms with Crippen molar-refractivity contribution in [2.75, 3.05) is 7.11 Å². The summed E-state index contributed by atoms with van der Waals surface area (Å²) >= 11 is 0. The fourth-order valence-corrected chi connectivity index (χ4v) is 1.68. The molecule has 0 unspecified atom stereocenters. The van der Waals surface area contributed by atoms with E-state index in [1.165, 1.54) is 0 Å². The van der Waals surface area contributed by atoms with Gasteiger partial charge in [-0.05, 0) is 24.3 Å². The molecule has 0 aliphatic rings. The summed E-state index contributed by atoms with van der Waals surface area (Å²) in [5.41, 5.74) is 1.01. The van der Waals surface area contributed by atoms with E-state index in [-0.39, 0.29) is 0 Å². The molecular weight excluding hydrogens is 204 g/mol. The van der Waals surface area contributed by atoms with Crippen LogP contribution in [0.3, 0.4) is 0 Å². The molecule has 0 saturated carbocycles. The molecule has 4 nitrogen and oxygen atoms in total. The lowest BCUT2D eigenvalue weighted by molar-refractivity contribution is 0.412. The van der Waals surface area contributed by atoms with Gasteiger partial charge in [-0.1, -0.05) is 0 Å². The number of hydrogen-bond donors (Lipinski definition) is 0. The van der Waals surface area contributed by atoms with Gasteiger partial charge in [-0.15, -0.1) is 0 Å². The van der Waals surface area contributed by atoms with Gasteiger partial charge >= 0.3 is 0 Å². The highest BCUT2D eigenvalue weighted by Crippen LogP contribution is 2.22. The van der Waals surface area contributed by atoms with E-state index in [2.05, 4.69) is 4.98 Å². The first-order valence-corrected chi connectivity index (χ1v) is 4.93. The van der Waals surface area contributed by atoms with Crippen molar-refractivity contribution in [3.8, 4) is 17.3 Å². The second-order valence-corrected chi connectivity index (χ2v) is 3.42. The van der Waals surface area contributed by atoms with Gasteiger partial charge in [-0.2, -0.15) is 0 Å². The normalized spacial score (nSPS) is 10.8. The smallest absolute Gasteiger partial charge is 0.180 e. The Kier molecular flexibility index (Phi) is 1.93. The minimum atomic E-state index is 0.744. The lowest BCUT2D eigenvalue weighted by Gasteiger charge is -2.02. The third-order valence-corrected chi connectivity index (χ3v) is 2.48. The van der Waals surface area contributed by atoms with Crippen LogP contribution in [-0.2, 0) is 0 Å². The Balaban J connectivity index is 2.25. The summed E-state index contributed by atoms with van der Waals surface area (Å²) in [6.45, 7) is 0. The molecule has 3 heterocycles. The van der Waals surface area contributed by atoms with Gasteiger partial charge in [0.2, 0.25) is 0 Å². The van der Waals surface area contributed by atoms with E-state index < -0.39 is 0 Å². The quantitative estimate of drug-likeness (QED) is 0.658. The van der Waals surface area contributed by atoms with Crippen LogP contribution >= 0.6 is 0 Å². The van der Waals surface area contributed by atoms with E-state index in [0.717, 1.165) is 22.9 Å². The largest absolute Gasteiger partial charge is 0.495 e. The molecule has 0 amide bonds. The first-order valence-electron chi connectivity index (χ1n) is 4.93. The zero-order chi connectivity index (χ0) is 11.0. The van der Waals surface area contributed by atoms with Crippen LogP contribution in [0.2, 0.25) is 0 Å². The summed E-state index contributed by atoms with van der Waals surface area (Å²) in [4.78, 5) is 4.33. The van der Waals surface area contributed by atoms with Crippen LogP contribution in [0.15, 0.2) is 47.3 Å². The van der Waals surface area contributed by atoms with Gasteiger partial charge in [0.15, 0.2) is 11.6 Å². The van der Waals surface area contributed by atoms with Crippen molar-refractivity contribution in [1.29, 1.82) is 0 Å². The second-order valence-electron chi connectivity index (χ2n) is 3.42. The van der Waals surface area contributed by atoms with Crippen LogP contribution in [0.1, 0.15) is 0 Å². The van der Waals surface area contributed by atoms with Gasteiger partial charge < -0.3 is 9.15 Å². The van der Waals surface area contributed by atoms with Crippen molar-refractivity contribution in [2.24, 2.45) is 0 Å². The number of methoxy groups -OCH3 is 1. The topological polar surface area (TPSA) is 39.7 Å². The molecule has 0 saturated heterocycles. The third-order valence-electron chi connectivity index (χ3n) is 2.48. The monoisotopic (exact) mass is 214 g/mol. The Bertz CT molecular complexity index is 611. The van der Waals surface area contributed by atoms with Gasteiger partial charge in [-0.3, -0.25) is 4.40 Å². The lowest BCUT2D eigenvalue weighted by atomic mass is 10.4. The molecule has 3 aromatic heterocycles. The Labute approximate surface area is 92.1 Å². The molecule has 3 aromatic rings. The number of rotatable bonds is 2. The van der Waals surface area contributed by atoms with Crippen LogP contribution in [0.4, 0.5) is 0 Å². The Morgan fingerprint density at radius 2 is 2.25 bits per heavy atom. The van der Waals surface area contributed by atoms with Crippen molar-refractivity contribution in [2.45, 2.75) is 0 Å². The molecule has 16 heavy (non-hydrogen) atoms. The number of hydrogen-bond acceptors (Lipinski definition) is 3. The van der Waals surface area contributed by atoms with Crippen LogP contribution in [-0.4, -0.2) is 16.5 Å². The fraction of sp³-hybridized carbons (Fsp3) is 0.0833. The van der Waals surface area contributed by atoms with E-state index in [0.29, 0.717) is 0 Å². The summed E-state index contributed by atoms with van der Waals surface area (Å²) in [5.74, 6) is 2.31. The van der Waals surface area contributed by atoms with Gasteiger partial charge in [0.25, 0.3) is 0 Å². The highest BCUT2D eigenvalue weighted by molar-refractivity contribution is 5.58. The number of aromatic nitrogens is 2. The average molecular weight is 214 g/mol. The Morgan fingerprint density at radius 3 is 3.00 bits per heavy atom. The number of pyridine rings is 1. The maximum Gasteiger partial charge on any atom is 0.180 e. The molecule has 0 aliphatic heterocycles. The highest BCUT2D eigenvalue weighted by atomic mass is 16.5. The zero-order valence-electron chi connectivity index (χ0n) is 8.75. The van der Waals surface area contributed by atoms with E-state index in [9.17, 15) is 0 Å². The SMILES string of the molecule is COc1ccc2cnc(-c3ccco3)n2c1. The van der Waals surface area contributed by atoms with Crippen LogP contribution in [0, 0.1) is 0 Å². The molecule has 0 N–H and O–H groups in total. The molecular formula is C12H10N2O2. The van der Waals surface area contributed by atoms with Crippen LogP contribution in [0.25, 0.3) is 17.1 Å². The highest BCUT2D eigenvalue weighted by Gasteiger charge is 2.08. The predicted molar refractivity (Wildman–Crippen MR) is 59.4 cm³/mol. The number of ether oxygens (including phenoxy) is 1. The Hall–Kier alpha value is -2.23. The first kappa shape index (κ1) is 9.03. The molecule has 0 spiro atoms. The first-order chi connectivity index (χ1) is 7.88. The Morgan fingerprint density at radius 1 is 1.31 bits per heavy atom. The average Bonchev–Trinajstić information content (AvgIpc) is 2.96. The van der Waals surface area contributed by atoms with Crippen molar-refractivity contribution in [1.82, 2.24) is 9.38 Å². The van der Waals surface area contributed by atoms with Crippen molar-refractivity contribution in [3.05, 3.63) is 42.9 Å².